The predicted octanol–water partition coefficient (Wildman–Crippen LogP) is 5.11. The van der Waals surface area contributed by atoms with Gasteiger partial charge in [-0.2, -0.15) is 0 Å². The standard InChI is InChI=1S/C21H23N3/c1-3-8-18-14-20(24-21(23-18)9-4-2)17-12-13-19(22-15-17)16-10-6-5-7-11-16/h5-7,10-15H,3-4,8-9H2,1-2H3. The Morgan fingerprint density at radius 1 is 0.750 bits per heavy atom. The van der Waals surface area contributed by atoms with Crippen LogP contribution in [0.1, 0.15) is 38.2 Å². The molecule has 0 aliphatic carbocycles. The van der Waals surface area contributed by atoms with E-state index in [0.29, 0.717) is 0 Å². The van der Waals surface area contributed by atoms with Crippen molar-refractivity contribution in [1.82, 2.24) is 15.0 Å². The van der Waals surface area contributed by atoms with Crippen LogP contribution in [-0.2, 0) is 12.8 Å². The summed E-state index contributed by atoms with van der Waals surface area (Å²) in [6.07, 6.45) is 5.96. The summed E-state index contributed by atoms with van der Waals surface area (Å²) in [4.78, 5) is 14.0. The van der Waals surface area contributed by atoms with E-state index >= 15 is 0 Å². The Morgan fingerprint density at radius 3 is 2.21 bits per heavy atom. The molecule has 2 heterocycles. The van der Waals surface area contributed by atoms with Crippen molar-refractivity contribution in [2.24, 2.45) is 0 Å². The summed E-state index contributed by atoms with van der Waals surface area (Å²) in [6, 6.07) is 16.5. The van der Waals surface area contributed by atoms with Gasteiger partial charge < -0.3 is 0 Å². The predicted molar refractivity (Wildman–Crippen MR) is 98.7 cm³/mol. The minimum Gasteiger partial charge on any atom is -0.256 e. The second-order valence-corrected chi connectivity index (χ2v) is 5.96. The number of aryl methyl sites for hydroxylation is 2. The van der Waals surface area contributed by atoms with Gasteiger partial charge in [0.1, 0.15) is 5.82 Å². The van der Waals surface area contributed by atoms with Crippen molar-refractivity contribution in [1.29, 1.82) is 0 Å². The highest BCUT2D eigenvalue weighted by molar-refractivity contribution is 5.64. The van der Waals surface area contributed by atoms with Gasteiger partial charge in [0.2, 0.25) is 0 Å². The first kappa shape index (κ1) is 16.3. The lowest BCUT2D eigenvalue weighted by Gasteiger charge is -2.08. The van der Waals surface area contributed by atoms with E-state index in [1.807, 2.05) is 24.4 Å². The van der Waals surface area contributed by atoms with Crippen LogP contribution in [-0.4, -0.2) is 15.0 Å². The van der Waals surface area contributed by atoms with Crippen LogP contribution in [0.5, 0.6) is 0 Å². The smallest absolute Gasteiger partial charge is 0.129 e. The first-order valence-corrected chi connectivity index (χ1v) is 8.68. The third kappa shape index (κ3) is 3.85. The zero-order valence-electron chi connectivity index (χ0n) is 14.4. The molecule has 0 atom stereocenters. The molecule has 24 heavy (non-hydrogen) atoms. The molecule has 0 saturated carbocycles. The van der Waals surface area contributed by atoms with E-state index in [1.165, 1.54) is 0 Å². The quantitative estimate of drug-likeness (QED) is 0.634. The maximum Gasteiger partial charge on any atom is 0.129 e. The topological polar surface area (TPSA) is 38.7 Å². The van der Waals surface area contributed by atoms with Crippen LogP contribution in [0.25, 0.3) is 22.5 Å². The van der Waals surface area contributed by atoms with Gasteiger partial charge in [-0.3, -0.25) is 4.98 Å². The van der Waals surface area contributed by atoms with E-state index in [-0.39, 0.29) is 0 Å². The molecule has 0 aliphatic rings. The van der Waals surface area contributed by atoms with Crippen LogP contribution >= 0.6 is 0 Å². The molecule has 2 aromatic heterocycles. The molecule has 0 radical (unpaired) electrons. The Hall–Kier alpha value is -2.55. The lowest BCUT2D eigenvalue weighted by Crippen LogP contribution is -2.01. The number of hydrogen-bond donors (Lipinski definition) is 0. The molecule has 1 aromatic carbocycles. The molecule has 3 nitrogen and oxygen atoms in total. The summed E-state index contributed by atoms with van der Waals surface area (Å²) in [5.41, 5.74) is 5.26. The first-order valence-electron chi connectivity index (χ1n) is 8.68. The molecular weight excluding hydrogens is 294 g/mol. The van der Waals surface area contributed by atoms with Crippen LogP contribution in [0.2, 0.25) is 0 Å². The van der Waals surface area contributed by atoms with Crippen LogP contribution in [0.15, 0.2) is 54.7 Å². The number of aromatic nitrogens is 3. The second kappa shape index (κ2) is 7.82. The molecule has 0 amide bonds. The van der Waals surface area contributed by atoms with Crippen LogP contribution in [0.3, 0.4) is 0 Å². The van der Waals surface area contributed by atoms with Gasteiger partial charge in [0.15, 0.2) is 0 Å². The van der Waals surface area contributed by atoms with Crippen molar-refractivity contribution < 1.29 is 0 Å². The first-order chi connectivity index (χ1) is 11.8. The van der Waals surface area contributed by atoms with Gasteiger partial charge in [-0.25, -0.2) is 9.97 Å². The fraction of sp³-hybridized carbons (Fsp3) is 0.286. The minimum absolute atomic E-state index is 0.917. The molecule has 0 unspecified atom stereocenters. The summed E-state index contributed by atoms with van der Waals surface area (Å²) >= 11 is 0. The number of nitrogens with zero attached hydrogens (tertiary/aromatic N) is 3. The molecular formula is C21H23N3. The van der Waals surface area contributed by atoms with Gasteiger partial charge in [0, 0.05) is 29.4 Å². The average molecular weight is 317 g/mol. The van der Waals surface area contributed by atoms with Crippen LogP contribution in [0, 0.1) is 0 Å². The minimum atomic E-state index is 0.917. The Labute approximate surface area is 143 Å². The highest BCUT2D eigenvalue weighted by atomic mass is 14.9. The Morgan fingerprint density at radius 2 is 1.54 bits per heavy atom. The van der Waals surface area contributed by atoms with E-state index in [1.54, 1.807) is 0 Å². The normalized spacial score (nSPS) is 10.8. The number of benzene rings is 1. The zero-order valence-corrected chi connectivity index (χ0v) is 14.4. The fourth-order valence-corrected chi connectivity index (χ4v) is 2.74. The van der Waals surface area contributed by atoms with Gasteiger partial charge in [0.05, 0.1) is 11.4 Å². The van der Waals surface area contributed by atoms with E-state index in [4.69, 9.17) is 4.98 Å². The fourth-order valence-electron chi connectivity index (χ4n) is 2.74. The zero-order chi connectivity index (χ0) is 16.8. The van der Waals surface area contributed by atoms with Crippen molar-refractivity contribution in [3.05, 3.63) is 66.2 Å². The molecule has 0 fully saturated rings. The van der Waals surface area contributed by atoms with E-state index in [2.05, 4.69) is 54.1 Å². The Balaban J connectivity index is 1.93. The molecule has 3 aromatic rings. The van der Waals surface area contributed by atoms with E-state index < -0.39 is 0 Å². The molecule has 0 saturated heterocycles. The number of hydrogen-bond acceptors (Lipinski definition) is 3. The van der Waals surface area contributed by atoms with Crippen LogP contribution < -0.4 is 0 Å². The summed E-state index contributed by atoms with van der Waals surface area (Å²) in [5.74, 6) is 0.936. The van der Waals surface area contributed by atoms with Crippen molar-refractivity contribution in [3.8, 4) is 22.5 Å². The highest BCUT2D eigenvalue weighted by Gasteiger charge is 2.07. The second-order valence-electron chi connectivity index (χ2n) is 5.96. The maximum absolute atomic E-state index is 4.73. The monoisotopic (exact) mass is 317 g/mol. The van der Waals surface area contributed by atoms with Gasteiger partial charge in [-0.05, 0) is 31.0 Å². The Kier molecular flexibility index (Phi) is 5.32. The largest absolute Gasteiger partial charge is 0.256 e. The van der Waals surface area contributed by atoms with Gasteiger partial charge >= 0.3 is 0 Å². The van der Waals surface area contributed by atoms with Gasteiger partial charge in [-0.15, -0.1) is 0 Å². The van der Waals surface area contributed by atoms with Crippen LogP contribution in [0.4, 0.5) is 0 Å². The van der Waals surface area contributed by atoms with E-state index in [9.17, 15) is 0 Å². The summed E-state index contributed by atoms with van der Waals surface area (Å²) in [5, 5.41) is 0. The average Bonchev–Trinajstić information content (AvgIpc) is 2.63. The molecule has 0 spiro atoms. The van der Waals surface area contributed by atoms with E-state index in [0.717, 1.165) is 59.7 Å². The van der Waals surface area contributed by atoms with Gasteiger partial charge in [0.25, 0.3) is 0 Å². The lowest BCUT2D eigenvalue weighted by atomic mass is 10.1. The summed E-state index contributed by atoms with van der Waals surface area (Å²) in [6.45, 7) is 4.34. The van der Waals surface area contributed by atoms with Crippen molar-refractivity contribution >= 4 is 0 Å². The molecule has 0 aliphatic heterocycles. The summed E-state index contributed by atoms with van der Waals surface area (Å²) in [7, 11) is 0. The molecule has 0 N–H and O–H groups in total. The summed E-state index contributed by atoms with van der Waals surface area (Å²) < 4.78 is 0. The van der Waals surface area contributed by atoms with Crippen molar-refractivity contribution in [3.63, 3.8) is 0 Å². The maximum atomic E-state index is 4.73. The lowest BCUT2D eigenvalue weighted by molar-refractivity contribution is 0.795. The van der Waals surface area contributed by atoms with Crippen molar-refractivity contribution in [2.45, 2.75) is 39.5 Å². The van der Waals surface area contributed by atoms with Gasteiger partial charge in [-0.1, -0.05) is 50.6 Å². The molecule has 3 rings (SSSR count). The third-order valence-corrected chi connectivity index (χ3v) is 3.93. The number of pyridine rings is 1. The SMILES string of the molecule is CCCc1cc(-c2ccc(-c3ccccc3)nc2)nc(CCC)n1. The van der Waals surface area contributed by atoms with Crippen molar-refractivity contribution in [2.75, 3.05) is 0 Å². The molecule has 3 heteroatoms. The Bertz CT molecular complexity index is 756. The third-order valence-electron chi connectivity index (χ3n) is 3.93. The highest BCUT2D eigenvalue weighted by Crippen LogP contribution is 2.22. The number of rotatable bonds is 6. The molecule has 0 bridgehead atoms. The molecule has 122 valence electrons.